The summed E-state index contributed by atoms with van der Waals surface area (Å²) in [5.41, 5.74) is 2.35. The zero-order valence-electron chi connectivity index (χ0n) is 11.1. The lowest BCUT2D eigenvalue weighted by molar-refractivity contribution is 0.500. The van der Waals surface area contributed by atoms with Gasteiger partial charge < -0.3 is 4.90 Å². The third kappa shape index (κ3) is 2.08. The van der Waals surface area contributed by atoms with Crippen LogP contribution in [0.25, 0.3) is 10.2 Å². The van der Waals surface area contributed by atoms with Crippen molar-refractivity contribution in [2.24, 2.45) is 0 Å². The van der Waals surface area contributed by atoms with Gasteiger partial charge in [0.25, 0.3) is 0 Å². The van der Waals surface area contributed by atoms with E-state index < -0.39 is 0 Å². The number of anilines is 1. The minimum atomic E-state index is 0.540. The average molecular weight is 284 g/mol. The van der Waals surface area contributed by atoms with Gasteiger partial charge in [0.1, 0.15) is 0 Å². The Kier molecular flexibility index (Phi) is 2.92. The molecule has 1 aliphatic heterocycles. The van der Waals surface area contributed by atoms with Crippen molar-refractivity contribution in [1.29, 1.82) is 0 Å². The lowest BCUT2D eigenvalue weighted by Gasteiger charge is -2.31. The number of thiazole rings is 1. The van der Waals surface area contributed by atoms with Gasteiger partial charge in [0.05, 0.1) is 10.2 Å². The summed E-state index contributed by atoms with van der Waals surface area (Å²) in [7, 11) is 0. The number of piperidine rings is 1. The van der Waals surface area contributed by atoms with Crippen LogP contribution in [-0.2, 0) is 0 Å². The van der Waals surface area contributed by atoms with Crippen LogP contribution in [0.15, 0.2) is 36.5 Å². The summed E-state index contributed by atoms with van der Waals surface area (Å²) < 4.78 is 1.27. The van der Waals surface area contributed by atoms with E-state index in [9.17, 15) is 0 Å². The Hall–Kier alpha value is -1.88. The van der Waals surface area contributed by atoms with Crippen LogP contribution in [-0.4, -0.2) is 28.3 Å². The highest BCUT2D eigenvalue weighted by Gasteiger charge is 2.24. The molecule has 0 amide bonds. The number of aromatic nitrogens is 3. The molecule has 2 aromatic heterocycles. The normalized spacial score (nSPS) is 19.6. The fourth-order valence-corrected chi connectivity index (χ4v) is 3.89. The molecule has 102 valence electrons. The minimum Gasteiger partial charge on any atom is -0.347 e. The van der Waals surface area contributed by atoms with Crippen molar-refractivity contribution < 1.29 is 0 Å². The largest absolute Gasteiger partial charge is 0.347 e. The van der Waals surface area contributed by atoms with Gasteiger partial charge in [-0.05, 0) is 31.0 Å². The van der Waals surface area contributed by atoms with Crippen molar-refractivity contribution >= 4 is 26.7 Å². The van der Waals surface area contributed by atoms with E-state index in [1.165, 1.54) is 23.2 Å². The number of hydrogen-bond acceptors (Lipinski definition) is 4. The Morgan fingerprint density at radius 1 is 1.25 bits per heavy atom. The number of fused-ring (bicyclic) bond motifs is 1. The highest BCUT2D eigenvalue weighted by atomic mass is 32.1. The van der Waals surface area contributed by atoms with Gasteiger partial charge in [-0.2, -0.15) is 5.10 Å². The Balaban J connectivity index is 1.61. The van der Waals surface area contributed by atoms with Crippen LogP contribution < -0.4 is 4.90 Å². The van der Waals surface area contributed by atoms with Crippen molar-refractivity contribution in [3.05, 3.63) is 42.2 Å². The summed E-state index contributed by atoms with van der Waals surface area (Å²) >= 11 is 1.79. The van der Waals surface area contributed by atoms with Crippen molar-refractivity contribution in [3.8, 4) is 0 Å². The maximum absolute atomic E-state index is 4.77. The first-order chi connectivity index (χ1) is 9.90. The van der Waals surface area contributed by atoms with Gasteiger partial charge in [0.2, 0.25) is 0 Å². The Bertz CT molecular complexity index is 671. The molecule has 1 fully saturated rings. The number of rotatable bonds is 2. The van der Waals surface area contributed by atoms with Crippen molar-refractivity contribution in [2.75, 3.05) is 18.0 Å². The van der Waals surface area contributed by atoms with Crippen LogP contribution in [0.1, 0.15) is 24.5 Å². The summed E-state index contributed by atoms with van der Waals surface area (Å²) in [6.07, 6.45) is 4.27. The van der Waals surface area contributed by atoms with Gasteiger partial charge in [0, 0.05) is 30.9 Å². The molecule has 3 aromatic rings. The fourth-order valence-electron chi connectivity index (χ4n) is 2.89. The molecule has 4 nitrogen and oxygen atoms in total. The number of H-pyrrole nitrogens is 1. The van der Waals surface area contributed by atoms with E-state index in [0.717, 1.165) is 23.7 Å². The highest BCUT2D eigenvalue weighted by Crippen LogP contribution is 2.33. The number of nitrogens with one attached hydrogen (secondary N) is 1. The molecule has 1 saturated heterocycles. The predicted molar refractivity (Wildman–Crippen MR) is 82.4 cm³/mol. The zero-order chi connectivity index (χ0) is 13.4. The second-order valence-corrected chi connectivity index (χ2v) is 6.27. The SMILES string of the molecule is c1ccc2sc(N3CCC[C@H](c4ccn[nH]4)C3)nc2c1. The first kappa shape index (κ1) is 11.9. The first-order valence-corrected chi connectivity index (χ1v) is 7.81. The molecule has 0 unspecified atom stereocenters. The molecule has 3 heterocycles. The molecule has 1 aliphatic rings. The number of benzene rings is 1. The Labute approximate surface area is 121 Å². The average Bonchev–Trinajstić information content (AvgIpc) is 3.16. The van der Waals surface area contributed by atoms with Gasteiger partial charge in [0.15, 0.2) is 5.13 Å². The zero-order valence-corrected chi connectivity index (χ0v) is 11.9. The molecule has 0 radical (unpaired) electrons. The van der Waals surface area contributed by atoms with Crippen LogP contribution in [0, 0.1) is 0 Å². The molecule has 0 spiro atoms. The molecule has 5 heteroatoms. The van der Waals surface area contributed by atoms with Crippen LogP contribution in [0.4, 0.5) is 5.13 Å². The van der Waals surface area contributed by atoms with Crippen LogP contribution >= 0.6 is 11.3 Å². The molecule has 4 rings (SSSR count). The molecule has 0 saturated carbocycles. The van der Waals surface area contributed by atoms with Gasteiger partial charge in [-0.25, -0.2) is 4.98 Å². The summed E-state index contributed by atoms with van der Waals surface area (Å²) in [6, 6.07) is 10.5. The molecule has 20 heavy (non-hydrogen) atoms. The van der Waals surface area contributed by atoms with E-state index in [1.54, 1.807) is 11.3 Å². The predicted octanol–water partition coefficient (Wildman–Crippen LogP) is 3.40. The van der Waals surface area contributed by atoms with Gasteiger partial charge >= 0.3 is 0 Å². The van der Waals surface area contributed by atoms with Crippen molar-refractivity contribution in [2.45, 2.75) is 18.8 Å². The molecule has 0 bridgehead atoms. The lowest BCUT2D eigenvalue weighted by atomic mass is 9.95. The summed E-state index contributed by atoms with van der Waals surface area (Å²) in [4.78, 5) is 7.19. The monoisotopic (exact) mass is 284 g/mol. The maximum Gasteiger partial charge on any atom is 0.186 e. The molecule has 1 aromatic carbocycles. The fraction of sp³-hybridized carbons (Fsp3) is 0.333. The van der Waals surface area contributed by atoms with E-state index in [2.05, 4.69) is 45.4 Å². The third-order valence-electron chi connectivity index (χ3n) is 3.94. The third-order valence-corrected chi connectivity index (χ3v) is 5.03. The molecule has 1 atom stereocenters. The van der Waals surface area contributed by atoms with Crippen molar-refractivity contribution in [3.63, 3.8) is 0 Å². The lowest BCUT2D eigenvalue weighted by Crippen LogP contribution is -2.34. The summed E-state index contributed by atoms with van der Waals surface area (Å²) in [5, 5.41) is 8.33. The van der Waals surface area contributed by atoms with Crippen LogP contribution in [0.3, 0.4) is 0 Å². The highest BCUT2D eigenvalue weighted by molar-refractivity contribution is 7.22. The summed E-state index contributed by atoms with van der Waals surface area (Å²) in [5.74, 6) is 0.540. The number of hydrogen-bond donors (Lipinski definition) is 1. The van der Waals surface area contributed by atoms with Crippen LogP contribution in [0.2, 0.25) is 0 Å². The van der Waals surface area contributed by atoms with Gasteiger partial charge in [-0.1, -0.05) is 23.5 Å². The second-order valence-electron chi connectivity index (χ2n) is 5.26. The standard InChI is InChI=1S/C15H16N4S/c1-2-6-14-13(5-1)17-15(20-14)19-9-3-4-11(10-19)12-7-8-16-18-12/h1-2,5-8,11H,3-4,9-10H2,(H,16,18)/t11-/m0/s1. The Morgan fingerprint density at radius 2 is 2.20 bits per heavy atom. The number of nitrogens with zero attached hydrogens (tertiary/aromatic N) is 3. The van der Waals surface area contributed by atoms with Crippen molar-refractivity contribution in [1.82, 2.24) is 15.2 Å². The molecular weight excluding hydrogens is 268 g/mol. The van der Waals surface area contributed by atoms with Gasteiger partial charge in [-0.15, -0.1) is 0 Å². The Morgan fingerprint density at radius 3 is 3.05 bits per heavy atom. The number of para-hydroxylation sites is 1. The van der Waals surface area contributed by atoms with E-state index >= 15 is 0 Å². The maximum atomic E-state index is 4.77. The summed E-state index contributed by atoms with van der Waals surface area (Å²) in [6.45, 7) is 2.13. The number of aromatic amines is 1. The quantitative estimate of drug-likeness (QED) is 0.784. The topological polar surface area (TPSA) is 44.8 Å². The van der Waals surface area contributed by atoms with E-state index in [0.29, 0.717) is 5.92 Å². The van der Waals surface area contributed by atoms with E-state index in [4.69, 9.17) is 4.98 Å². The van der Waals surface area contributed by atoms with E-state index in [-0.39, 0.29) is 0 Å². The molecule has 1 N–H and O–H groups in total. The second kappa shape index (κ2) is 4.90. The minimum absolute atomic E-state index is 0.540. The molecule has 0 aliphatic carbocycles. The smallest absolute Gasteiger partial charge is 0.186 e. The first-order valence-electron chi connectivity index (χ1n) is 7.00. The van der Waals surface area contributed by atoms with E-state index in [1.807, 2.05) is 6.20 Å². The van der Waals surface area contributed by atoms with Gasteiger partial charge in [-0.3, -0.25) is 5.10 Å². The molecular formula is C15H16N4S. The van der Waals surface area contributed by atoms with Crippen LogP contribution in [0.5, 0.6) is 0 Å².